The smallest absolute Gasteiger partial charge is 0.142 e. The molecular formula is C15H18ClN3O2. The lowest BCUT2D eigenvalue weighted by molar-refractivity contribution is 0.405. The van der Waals surface area contributed by atoms with Crippen molar-refractivity contribution in [3.05, 3.63) is 35.2 Å². The Hall–Kier alpha value is -2.01. The molecule has 0 aliphatic rings. The summed E-state index contributed by atoms with van der Waals surface area (Å²) in [6.07, 6.45) is 3.20. The third-order valence-electron chi connectivity index (χ3n) is 3.05. The first kappa shape index (κ1) is 15.4. The summed E-state index contributed by atoms with van der Waals surface area (Å²) in [5.74, 6) is 2.12. The highest BCUT2D eigenvalue weighted by molar-refractivity contribution is 6.30. The van der Waals surface area contributed by atoms with Gasteiger partial charge in [-0.1, -0.05) is 24.9 Å². The second kappa shape index (κ2) is 7.13. The Morgan fingerprint density at radius 3 is 2.67 bits per heavy atom. The molecule has 0 unspecified atom stereocenters. The lowest BCUT2D eigenvalue weighted by Gasteiger charge is -2.14. The molecule has 0 amide bonds. The van der Waals surface area contributed by atoms with Crippen LogP contribution in [0.25, 0.3) is 0 Å². The third-order valence-corrected chi connectivity index (χ3v) is 3.38. The molecule has 2 rings (SSSR count). The van der Waals surface area contributed by atoms with Crippen LogP contribution in [-0.2, 0) is 6.42 Å². The first-order chi connectivity index (χ1) is 10.2. The second-order valence-electron chi connectivity index (χ2n) is 4.43. The molecule has 21 heavy (non-hydrogen) atoms. The first-order valence-electron chi connectivity index (χ1n) is 6.68. The molecule has 1 aromatic carbocycles. The van der Waals surface area contributed by atoms with E-state index in [1.807, 2.05) is 18.2 Å². The van der Waals surface area contributed by atoms with E-state index in [2.05, 4.69) is 22.2 Å². The Morgan fingerprint density at radius 2 is 2.00 bits per heavy atom. The van der Waals surface area contributed by atoms with Crippen LogP contribution in [0.2, 0.25) is 5.15 Å². The van der Waals surface area contributed by atoms with Gasteiger partial charge in [0.2, 0.25) is 0 Å². The number of hydrogen-bond acceptors (Lipinski definition) is 5. The molecule has 0 spiro atoms. The Balaban J connectivity index is 2.39. The lowest BCUT2D eigenvalue weighted by atomic mass is 10.2. The monoisotopic (exact) mass is 307 g/mol. The molecule has 0 atom stereocenters. The average molecular weight is 308 g/mol. The maximum Gasteiger partial charge on any atom is 0.142 e. The number of halogens is 1. The van der Waals surface area contributed by atoms with Gasteiger partial charge >= 0.3 is 0 Å². The predicted octanol–water partition coefficient (Wildman–Crippen LogP) is 3.84. The van der Waals surface area contributed by atoms with E-state index in [1.165, 1.54) is 6.33 Å². The van der Waals surface area contributed by atoms with E-state index in [-0.39, 0.29) is 0 Å². The van der Waals surface area contributed by atoms with E-state index >= 15 is 0 Å². The minimum absolute atomic E-state index is 0.469. The number of rotatable bonds is 6. The van der Waals surface area contributed by atoms with Crippen molar-refractivity contribution >= 4 is 23.1 Å². The molecule has 0 saturated carbocycles. The first-order valence-corrected chi connectivity index (χ1v) is 7.05. The summed E-state index contributed by atoms with van der Waals surface area (Å²) in [5.41, 5.74) is 1.66. The molecule has 0 radical (unpaired) electrons. The average Bonchev–Trinajstić information content (AvgIpc) is 2.50. The number of ether oxygens (including phenoxy) is 2. The number of nitrogens with one attached hydrogen (secondary N) is 1. The van der Waals surface area contributed by atoms with Crippen LogP contribution in [0.3, 0.4) is 0 Å². The third kappa shape index (κ3) is 3.55. The zero-order valence-electron chi connectivity index (χ0n) is 12.3. The lowest BCUT2D eigenvalue weighted by Crippen LogP contribution is -2.03. The zero-order chi connectivity index (χ0) is 15.2. The SMILES string of the molecule is CCCc1c(Cl)ncnc1Nc1cc(OC)ccc1OC. The minimum atomic E-state index is 0.469. The van der Waals surface area contributed by atoms with Gasteiger partial charge in [-0.05, 0) is 18.6 Å². The fourth-order valence-corrected chi connectivity index (χ4v) is 2.24. The van der Waals surface area contributed by atoms with E-state index in [4.69, 9.17) is 21.1 Å². The molecule has 0 aliphatic heterocycles. The normalized spacial score (nSPS) is 10.3. The molecule has 0 fully saturated rings. The summed E-state index contributed by atoms with van der Waals surface area (Å²) < 4.78 is 10.6. The molecule has 1 heterocycles. The summed E-state index contributed by atoms with van der Waals surface area (Å²) in [6, 6.07) is 5.53. The standard InChI is InChI=1S/C15H18ClN3O2/c1-4-5-11-14(16)17-9-18-15(11)19-12-8-10(20-2)6-7-13(12)21-3/h6-9H,4-5H2,1-3H3,(H,17,18,19). The molecule has 112 valence electrons. The van der Waals surface area contributed by atoms with Crippen LogP contribution in [0.1, 0.15) is 18.9 Å². The van der Waals surface area contributed by atoms with Gasteiger partial charge in [0.1, 0.15) is 28.8 Å². The van der Waals surface area contributed by atoms with Crippen LogP contribution < -0.4 is 14.8 Å². The van der Waals surface area contributed by atoms with E-state index in [0.29, 0.717) is 16.7 Å². The van der Waals surface area contributed by atoms with Gasteiger partial charge in [0.25, 0.3) is 0 Å². The summed E-state index contributed by atoms with van der Waals surface area (Å²) in [5, 5.41) is 3.72. The van der Waals surface area contributed by atoms with Crippen molar-refractivity contribution in [1.29, 1.82) is 0 Å². The van der Waals surface area contributed by atoms with Crippen molar-refractivity contribution < 1.29 is 9.47 Å². The van der Waals surface area contributed by atoms with Gasteiger partial charge in [-0.25, -0.2) is 9.97 Å². The van der Waals surface area contributed by atoms with E-state index < -0.39 is 0 Å². The van der Waals surface area contributed by atoms with Crippen molar-refractivity contribution in [2.24, 2.45) is 0 Å². The number of hydrogen-bond donors (Lipinski definition) is 1. The maximum atomic E-state index is 6.16. The van der Waals surface area contributed by atoms with Gasteiger partial charge in [-0.15, -0.1) is 0 Å². The van der Waals surface area contributed by atoms with Gasteiger partial charge in [0, 0.05) is 11.6 Å². The van der Waals surface area contributed by atoms with Crippen LogP contribution >= 0.6 is 11.6 Å². The Labute approximate surface area is 129 Å². The molecular weight excluding hydrogens is 290 g/mol. The van der Waals surface area contributed by atoms with Gasteiger partial charge in [0.15, 0.2) is 0 Å². The summed E-state index contributed by atoms with van der Waals surface area (Å²) >= 11 is 6.16. The predicted molar refractivity (Wildman–Crippen MR) is 83.9 cm³/mol. The van der Waals surface area contributed by atoms with Crippen LogP contribution in [0.4, 0.5) is 11.5 Å². The number of anilines is 2. The minimum Gasteiger partial charge on any atom is -0.497 e. The van der Waals surface area contributed by atoms with E-state index in [0.717, 1.165) is 29.8 Å². The van der Waals surface area contributed by atoms with Crippen molar-refractivity contribution in [3.8, 4) is 11.5 Å². The number of methoxy groups -OCH3 is 2. The Kier molecular flexibility index (Phi) is 5.22. The quantitative estimate of drug-likeness (QED) is 0.822. The van der Waals surface area contributed by atoms with Crippen molar-refractivity contribution in [2.75, 3.05) is 19.5 Å². The fourth-order valence-electron chi connectivity index (χ4n) is 2.01. The molecule has 0 aliphatic carbocycles. The molecule has 6 heteroatoms. The van der Waals surface area contributed by atoms with Crippen LogP contribution in [0.15, 0.2) is 24.5 Å². The zero-order valence-corrected chi connectivity index (χ0v) is 13.1. The van der Waals surface area contributed by atoms with E-state index in [9.17, 15) is 0 Å². The summed E-state index contributed by atoms with van der Waals surface area (Å²) in [6.45, 7) is 2.08. The second-order valence-corrected chi connectivity index (χ2v) is 4.79. The van der Waals surface area contributed by atoms with Crippen molar-refractivity contribution in [3.63, 3.8) is 0 Å². The molecule has 0 saturated heterocycles. The number of nitrogens with zero attached hydrogens (tertiary/aromatic N) is 2. The topological polar surface area (TPSA) is 56.3 Å². The number of aromatic nitrogens is 2. The Bertz CT molecular complexity index is 620. The van der Waals surface area contributed by atoms with Crippen LogP contribution in [0.5, 0.6) is 11.5 Å². The highest BCUT2D eigenvalue weighted by atomic mass is 35.5. The van der Waals surface area contributed by atoms with Gasteiger partial charge in [0.05, 0.1) is 19.9 Å². The van der Waals surface area contributed by atoms with Crippen LogP contribution in [-0.4, -0.2) is 24.2 Å². The van der Waals surface area contributed by atoms with Crippen LogP contribution in [0, 0.1) is 0 Å². The Morgan fingerprint density at radius 1 is 1.19 bits per heavy atom. The molecule has 0 bridgehead atoms. The summed E-state index contributed by atoms with van der Waals surface area (Å²) in [4.78, 5) is 8.32. The van der Waals surface area contributed by atoms with Gasteiger partial charge in [-0.3, -0.25) is 0 Å². The highest BCUT2D eigenvalue weighted by Gasteiger charge is 2.12. The summed E-state index contributed by atoms with van der Waals surface area (Å²) in [7, 11) is 3.24. The van der Waals surface area contributed by atoms with Crippen molar-refractivity contribution in [1.82, 2.24) is 9.97 Å². The van der Waals surface area contributed by atoms with Crippen molar-refractivity contribution in [2.45, 2.75) is 19.8 Å². The molecule has 2 aromatic rings. The molecule has 5 nitrogen and oxygen atoms in total. The van der Waals surface area contributed by atoms with E-state index in [1.54, 1.807) is 14.2 Å². The number of benzene rings is 1. The molecule has 1 N–H and O–H groups in total. The fraction of sp³-hybridized carbons (Fsp3) is 0.333. The largest absolute Gasteiger partial charge is 0.497 e. The highest BCUT2D eigenvalue weighted by Crippen LogP contribution is 2.33. The maximum absolute atomic E-state index is 6.16. The molecule has 1 aromatic heterocycles. The van der Waals surface area contributed by atoms with Gasteiger partial charge in [-0.2, -0.15) is 0 Å². The van der Waals surface area contributed by atoms with Gasteiger partial charge < -0.3 is 14.8 Å².